The van der Waals surface area contributed by atoms with E-state index in [4.69, 9.17) is 10.2 Å². The number of aryl methyl sites for hydroxylation is 1. The van der Waals surface area contributed by atoms with Crippen molar-refractivity contribution in [3.8, 4) is 11.6 Å². The monoisotopic (exact) mass is 374 g/mol. The molecule has 0 radical (unpaired) electrons. The third kappa shape index (κ3) is 2.85. The van der Waals surface area contributed by atoms with Crippen molar-refractivity contribution in [2.45, 2.75) is 20.4 Å². The molecule has 0 saturated carbocycles. The lowest BCUT2D eigenvalue weighted by Crippen LogP contribution is -2.03. The lowest BCUT2D eigenvalue weighted by Gasteiger charge is -2.03. The van der Waals surface area contributed by atoms with E-state index in [1.54, 1.807) is 12.1 Å². The number of benzene rings is 1. The van der Waals surface area contributed by atoms with E-state index >= 15 is 0 Å². The molecular formula is C16H15BrN4O2. The van der Waals surface area contributed by atoms with Crippen molar-refractivity contribution in [1.29, 1.82) is 0 Å². The van der Waals surface area contributed by atoms with E-state index in [9.17, 15) is 4.79 Å². The van der Waals surface area contributed by atoms with Crippen LogP contribution in [-0.2, 0) is 6.54 Å². The van der Waals surface area contributed by atoms with Crippen LogP contribution in [0.25, 0.3) is 11.6 Å². The molecule has 3 rings (SSSR count). The molecule has 0 bridgehead atoms. The van der Waals surface area contributed by atoms with E-state index in [0.29, 0.717) is 28.6 Å². The number of aromatic nitrogens is 3. The van der Waals surface area contributed by atoms with Gasteiger partial charge in [-0.15, -0.1) is 10.2 Å². The number of nitrogens with zero attached hydrogens (tertiary/aromatic N) is 2. The molecule has 0 aliphatic rings. The summed E-state index contributed by atoms with van der Waals surface area (Å²) in [6, 6.07) is 7.30. The van der Waals surface area contributed by atoms with Gasteiger partial charge in [-0.05, 0) is 31.5 Å². The minimum Gasteiger partial charge on any atom is -0.418 e. The Bertz CT molecular complexity index is 882. The lowest BCUT2D eigenvalue weighted by atomic mass is 10.00. The standard InChI is InChI=1S/C16H15BrN4O2/c1-8-13(15(22)10-4-3-5-11(17)6-10)9(2)19-14(8)16-21-20-12(7-18)23-16/h3-6,19H,7,18H2,1-2H3. The molecule has 0 unspecified atom stereocenters. The fourth-order valence-electron chi connectivity index (χ4n) is 2.52. The zero-order valence-corrected chi connectivity index (χ0v) is 14.3. The predicted molar refractivity (Wildman–Crippen MR) is 89.0 cm³/mol. The minimum absolute atomic E-state index is 0.0534. The largest absolute Gasteiger partial charge is 0.418 e. The maximum atomic E-state index is 12.8. The molecule has 1 aromatic carbocycles. The van der Waals surface area contributed by atoms with Crippen molar-refractivity contribution < 1.29 is 9.21 Å². The number of carbonyl (C=O) groups is 1. The number of hydrogen-bond acceptors (Lipinski definition) is 5. The first-order chi connectivity index (χ1) is 11.0. The van der Waals surface area contributed by atoms with Crippen LogP contribution >= 0.6 is 15.9 Å². The van der Waals surface area contributed by atoms with Gasteiger partial charge in [0.25, 0.3) is 5.89 Å². The summed E-state index contributed by atoms with van der Waals surface area (Å²) in [6.45, 7) is 3.88. The van der Waals surface area contributed by atoms with Crippen molar-refractivity contribution in [2.75, 3.05) is 0 Å². The lowest BCUT2D eigenvalue weighted by molar-refractivity contribution is 0.103. The Labute approximate surface area is 141 Å². The fourth-order valence-corrected chi connectivity index (χ4v) is 2.91. The maximum Gasteiger partial charge on any atom is 0.264 e. The van der Waals surface area contributed by atoms with Crippen LogP contribution in [0.2, 0.25) is 0 Å². The van der Waals surface area contributed by atoms with Crippen LogP contribution in [0, 0.1) is 13.8 Å². The number of ketones is 1. The SMILES string of the molecule is Cc1[nH]c(-c2nnc(CN)o2)c(C)c1C(=O)c1cccc(Br)c1. The molecule has 6 nitrogen and oxygen atoms in total. The number of carbonyl (C=O) groups excluding carboxylic acids is 1. The molecule has 3 N–H and O–H groups in total. The van der Waals surface area contributed by atoms with Crippen LogP contribution in [-0.4, -0.2) is 21.0 Å². The summed E-state index contributed by atoms with van der Waals surface area (Å²) >= 11 is 3.39. The number of aromatic amines is 1. The smallest absolute Gasteiger partial charge is 0.264 e. The second-order valence-electron chi connectivity index (χ2n) is 5.17. The van der Waals surface area contributed by atoms with Crippen molar-refractivity contribution in [1.82, 2.24) is 15.2 Å². The Hall–Kier alpha value is -2.25. The molecule has 2 aromatic heterocycles. The average Bonchev–Trinajstić information content (AvgIpc) is 3.11. The molecular weight excluding hydrogens is 360 g/mol. The van der Waals surface area contributed by atoms with Crippen molar-refractivity contribution in [2.24, 2.45) is 5.73 Å². The van der Waals surface area contributed by atoms with Gasteiger partial charge >= 0.3 is 0 Å². The van der Waals surface area contributed by atoms with Gasteiger partial charge in [-0.1, -0.05) is 28.1 Å². The Morgan fingerprint density at radius 1 is 1.35 bits per heavy atom. The van der Waals surface area contributed by atoms with Gasteiger partial charge < -0.3 is 15.1 Å². The van der Waals surface area contributed by atoms with Gasteiger partial charge in [-0.3, -0.25) is 4.79 Å². The second-order valence-corrected chi connectivity index (χ2v) is 6.09. The number of hydrogen-bond donors (Lipinski definition) is 2. The topological polar surface area (TPSA) is 97.8 Å². The van der Waals surface area contributed by atoms with E-state index in [0.717, 1.165) is 15.7 Å². The number of halogens is 1. The van der Waals surface area contributed by atoms with Gasteiger partial charge in [0.15, 0.2) is 5.78 Å². The van der Waals surface area contributed by atoms with Gasteiger partial charge in [0.05, 0.1) is 6.54 Å². The normalized spacial score (nSPS) is 11.0. The Morgan fingerprint density at radius 2 is 2.13 bits per heavy atom. The van der Waals surface area contributed by atoms with Gasteiger partial charge in [-0.25, -0.2) is 0 Å². The van der Waals surface area contributed by atoms with E-state index in [1.807, 2.05) is 26.0 Å². The van der Waals surface area contributed by atoms with Crippen LogP contribution in [0.15, 0.2) is 33.2 Å². The fraction of sp³-hybridized carbons (Fsp3) is 0.188. The zero-order valence-electron chi connectivity index (χ0n) is 12.7. The first-order valence-corrected chi connectivity index (χ1v) is 7.82. The number of rotatable bonds is 4. The molecule has 0 aliphatic heterocycles. The van der Waals surface area contributed by atoms with E-state index in [1.165, 1.54) is 0 Å². The molecule has 118 valence electrons. The Balaban J connectivity index is 2.05. The van der Waals surface area contributed by atoms with Crippen LogP contribution in [0.4, 0.5) is 0 Å². The molecule has 3 aromatic rings. The highest BCUT2D eigenvalue weighted by Gasteiger charge is 2.23. The molecule has 23 heavy (non-hydrogen) atoms. The number of nitrogens with one attached hydrogen (secondary N) is 1. The third-order valence-electron chi connectivity index (χ3n) is 3.61. The summed E-state index contributed by atoms with van der Waals surface area (Å²) in [4.78, 5) is 16.0. The summed E-state index contributed by atoms with van der Waals surface area (Å²) in [7, 11) is 0. The van der Waals surface area contributed by atoms with Crippen molar-refractivity contribution in [3.05, 3.63) is 57.0 Å². The van der Waals surface area contributed by atoms with E-state index < -0.39 is 0 Å². The predicted octanol–water partition coefficient (Wildman–Crippen LogP) is 3.13. The quantitative estimate of drug-likeness (QED) is 0.683. The Kier molecular flexibility index (Phi) is 4.14. The van der Waals surface area contributed by atoms with E-state index in [-0.39, 0.29) is 12.3 Å². The zero-order chi connectivity index (χ0) is 16.6. The van der Waals surface area contributed by atoms with Crippen LogP contribution in [0.5, 0.6) is 0 Å². The third-order valence-corrected chi connectivity index (χ3v) is 4.10. The minimum atomic E-state index is -0.0534. The first-order valence-electron chi connectivity index (χ1n) is 7.03. The molecule has 0 amide bonds. The van der Waals surface area contributed by atoms with Crippen LogP contribution in [0.3, 0.4) is 0 Å². The molecule has 0 fully saturated rings. The highest BCUT2D eigenvalue weighted by atomic mass is 79.9. The number of nitrogens with two attached hydrogens (primary N) is 1. The summed E-state index contributed by atoms with van der Waals surface area (Å²) in [5.74, 6) is 0.633. The summed E-state index contributed by atoms with van der Waals surface area (Å²) in [6.07, 6.45) is 0. The van der Waals surface area contributed by atoms with Gasteiger partial charge in [0.2, 0.25) is 5.89 Å². The number of H-pyrrole nitrogens is 1. The molecule has 7 heteroatoms. The molecule has 0 aliphatic carbocycles. The highest BCUT2D eigenvalue weighted by Crippen LogP contribution is 2.28. The first kappa shape index (κ1) is 15.6. The van der Waals surface area contributed by atoms with Gasteiger partial charge in [0.1, 0.15) is 5.69 Å². The summed E-state index contributed by atoms with van der Waals surface area (Å²) in [5.41, 5.74) is 8.90. The molecule has 0 atom stereocenters. The molecule has 0 saturated heterocycles. The molecule has 2 heterocycles. The summed E-state index contributed by atoms with van der Waals surface area (Å²) in [5, 5.41) is 7.82. The maximum absolute atomic E-state index is 12.8. The highest BCUT2D eigenvalue weighted by molar-refractivity contribution is 9.10. The second kappa shape index (κ2) is 6.10. The van der Waals surface area contributed by atoms with Crippen LogP contribution < -0.4 is 5.73 Å². The Morgan fingerprint density at radius 3 is 2.78 bits per heavy atom. The van der Waals surface area contributed by atoms with Crippen LogP contribution in [0.1, 0.15) is 33.1 Å². The van der Waals surface area contributed by atoms with Crippen molar-refractivity contribution >= 4 is 21.7 Å². The van der Waals surface area contributed by atoms with Gasteiger partial charge in [0, 0.05) is 21.3 Å². The average molecular weight is 375 g/mol. The van der Waals surface area contributed by atoms with Crippen molar-refractivity contribution in [3.63, 3.8) is 0 Å². The molecule has 0 spiro atoms. The summed E-state index contributed by atoms with van der Waals surface area (Å²) < 4.78 is 6.34. The van der Waals surface area contributed by atoms with E-state index in [2.05, 4.69) is 31.1 Å². The van der Waals surface area contributed by atoms with Gasteiger partial charge in [-0.2, -0.15) is 0 Å².